The number of carbonyl (C=O) groups is 1. The first-order chi connectivity index (χ1) is 19.8. The Morgan fingerprint density at radius 2 is 1.73 bits per heavy atom. The van der Waals surface area contributed by atoms with Gasteiger partial charge in [-0.1, -0.05) is 51.4 Å². The minimum atomic E-state index is -4.89. The third-order valence-electron chi connectivity index (χ3n) is 8.16. The smallest absolute Gasteiger partial charge is 0.465 e. The van der Waals surface area contributed by atoms with Crippen LogP contribution in [0.4, 0.5) is 24.0 Å². The van der Waals surface area contributed by atoms with Crippen LogP contribution in [0.3, 0.4) is 0 Å². The first kappa shape index (κ1) is 29.5. The van der Waals surface area contributed by atoms with E-state index in [1.165, 1.54) is 49.2 Å². The van der Waals surface area contributed by atoms with E-state index in [2.05, 4.69) is 14.7 Å². The predicted molar refractivity (Wildman–Crippen MR) is 151 cm³/mol. The Kier molecular flexibility index (Phi) is 9.57. The number of oxazole rings is 1. The van der Waals surface area contributed by atoms with Gasteiger partial charge in [-0.2, -0.15) is 4.98 Å². The van der Waals surface area contributed by atoms with Crippen LogP contribution in [0.25, 0.3) is 21.7 Å². The number of nitrogens with zero attached hydrogens (tertiary/aromatic N) is 4. The van der Waals surface area contributed by atoms with Crippen LogP contribution in [0.1, 0.15) is 77.0 Å². The van der Waals surface area contributed by atoms with Crippen molar-refractivity contribution in [1.82, 2.24) is 14.9 Å². The van der Waals surface area contributed by atoms with Gasteiger partial charge < -0.3 is 24.1 Å². The average Bonchev–Trinajstić information content (AvgIpc) is 3.58. The maximum Gasteiger partial charge on any atom is 0.573 e. The maximum absolute atomic E-state index is 13.3. The van der Waals surface area contributed by atoms with E-state index in [4.69, 9.17) is 4.42 Å². The number of aromatic nitrogens is 2. The maximum atomic E-state index is 13.3. The van der Waals surface area contributed by atoms with Gasteiger partial charge in [0.1, 0.15) is 5.01 Å². The summed E-state index contributed by atoms with van der Waals surface area (Å²) in [5, 5.41) is 12.5. The second kappa shape index (κ2) is 13.3. The number of fused-ring (bicyclic) bond motifs is 5. The zero-order valence-corrected chi connectivity index (χ0v) is 23.9. The number of anilines is 1. The number of thiazole rings is 1. The lowest BCUT2D eigenvalue weighted by molar-refractivity contribution is -0.274. The highest BCUT2D eigenvalue weighted by Crippen LogP contribution is 2.40. The van der Waals surface area contributed by atoms with Crippen molar-refractivity contribution < 1.29 is 32.2 Å². The van der Waals surface area contributed by atoms with Gasteiger partial charge in [0.15, 0.2) is 16.8 Å². The molecule has 1 amide bonds. The number of carboxylic acid groups (broad SMARTS) is 1. The van der Waals surface area contributed by atoms with E-state index in [0.29, 0.717) is 42.5 Å². The first-order valence-corrected chi connectivity index (χ1v) is 15.5. The van der Waals surface area contributed by atoms with Gasteiger partial charge in [-0.3, -0.25) is 0 Å². The van der Waals surface area contributed by atoms with Crippen LogP contribution in [-0.2, 0) is 0 Å². The molecule has 0 saturated carbocycles. The van der Waals surface area contributed by atoms with Crippen molar-refractivity contribution in [3.63, 3.8) is 0 Å². The van der Waals surface area contributed by atoms with Crippen LogP contribution in [0.15, 0.2) is 28.1 Å². The molecule has 0 radical (unpaired) electrons. The minimum Gasteiger partial charge on any atom is -0.465 e. The topological polar surface area (TPSA) is 91.9 Å². The van der Waals surface area contributed by atoms with Gasteiger partial charge in [0.2, 0.25) is 0 Å². The van der Waals surface area contributed by atoms with Gasteiger partial charge in [-0.25, -0.2) is 9.78 Å². The van der Waals surface area contributed by atoms with Crippen molar-refractivity contribution in [3.8, 4) is 16.3 Å². The Hall–Kier alpha value is -3.02. The van der Waals surface area contributed by atoms with Crippen LogP contribution in [0, 0.1) is 5.92 Å². The minimum absolute atomic E-state index is 0.0302. The van der Waals surface area contributed by atoms with E-state index in [1.807, 2.05) is 4.90 Å². The summed E-state index contributed by atoms with van der Waals surface area (Å²) in [4.78, 5) is 24.7. The molecule has 4 heterocycles. The second-order valence-electron chi connectivity index (χ2n) is 11.1. The molecule has 2 bridgehead atoms. The molecule has 41 heavy (non-hydrogen) atoms. The summed E-state index contributed by atoms with van der Waals surface area (Å²) in [5.41, 5.74) is 0.673. The van der Waals surface area contributed by atoms with Crippen molar-refractivity contribution >= 4 is 34.5 Å². The summed E-state index contributed by atoms with van der Waals surface area (Å²) in [6.45, 7) is 1.42. The highest BCUT2D eigenvalue weighted by atomic mass is 32.1. The molecular formula is C29H37F3N4O4S. The van der Waals surface area contributed by atoms with Crippen LogP contribution in [0.5, 0.6) is 5.75 Å². The Bertz CT molecular complexity index is 1280. The molecule has 2 aliphatic rings. The van der Waals surface area contributed by atoms with Gasteiger partial charge in [0.25, 0.3) is 6.01 Å². The van der Waals surface area contributed by atoms with Crippen LogP contribution in [-0.4, -0.2) is 58.1 Å². The summed E-state index contributed by atoms with van der Waals surface area (Å²) in [6, 6.07) is 2.65. The van der Waals surface area contributed by atoms with Crippen LogP contribution >= 0.6 is 11.3 Å². The largest absolute Gasteiger partial charge is 0.573 e. The van der Waals surface area contributed by atoms with E-state index < -0.39 is 18.2 Å². The summed E-state index contributed by atoms with van der Waals surface area (Å²) in [6.07, 6.45) is 8.23. The predicted octanol–water partition coefficient (Wildman–Crippen LogP) is 8.33. The van der Waals surface area contributed by atoms with E-state index in [-0.39, 0.29) is 23.2 Å². The molecule has 224 valence electrons. The zero-order valence-electron chi connectivity index (χ0n) is 23.1. The summed E-state index contributed by atoms with van der Waals surface area (Å²) in [5.74, 6) is -0.0916. The molecule has 2 fully saturated rings. The lowest BCUT2D eigenvalue weighted by atomic mass is 9.90. The van der Waals surface area contributed by atoms with Crippen molar-refractivity contribution in [2.24, 2.45) is 5.92 Å². The summed E-state index contributed by atoms with van der Waals surface area (Å²) in [7, 11) is 0. The van der Waals surface area contributed by atoms with Gasteiger partial charge in [-0.05, 0) is 43.7 Å². The number of benzene rings is 1. The molecule has 1 aromatic carbocycles. The van der Waals surface area contributed by atoms with Crippen LogP contribution in [0.2, 0.25) is 0 Å². The Labute approximate surface area is 241 Å². The van der Waals surface area contributed by atoms with Gasteiger partial charge in [-0.15, -0.1) is 24.5 Å². The van der Waals surface area contributed by atoms with Crippen LogP contribution < -0.4 is 9.64 Å². The number of halogens is 3. The third kappa shape index (κ3) is 7.64. The summed E-state index contributed by atoms with van der Waals surface area (Å²) >= 11 is 1.35. The standard InChI is InChI=1S/C29H37F3N4O4S/c30-29(31,32)40-23-14-13-22(26-33-15-17-41-26)25-24(23)34-27(39-25)35-18-20-10-7-5-3-1-2-4-6-8-16-36(28(37)38)21(19-35)12-9-11-20/h13-15,17,20-21H,1-12,16,18-19H2,(H,37,38). The first-order valence-electron chi connectivity index (χ1n) is 14.6. The van der Waals surface area contributed by atoms with Crippen molar-refractivity contribution in [3.05, 3.63) is 23.7 Å². The number of alkyl halides is 3. The van der Waals surface area contributed by atoms with Crippen molar-refractivity contribution in [2.75, 3.05) is 24.5 Å². The highest BCUT2D eigenvalue weighted by molar-refractivity contribution is 7.13. The molecule has 2 saturated heterocycles. The number of rotatable bonds is 3. The number of ether oxygens (including phenoxy) is 1. The fraction of sp³-hybridized carbons (Fsp3) is 0.621. The van der Waals surface area contributed by atoms with E-state index in [1.54, 1.807) is 16.5 Å². The fourth-order valence-corrected chi connectivity index (χ4v) is 6.82. The molecule has 2 atom stereocenters. The molecule has 0 spiro atoms. The average molecular weight is 595 g/mol. The van der Waals surface area contributed by atoms with E-state index in [9.17, 15) is 23.1 Å². The normalized spacial score (nSPS) is 22.1. The Morgan fingerprint density at radius 3 is 2.44 bits per heavy atom. The zero-order chi connectivity index (χ0) is 28.8. The monoisotopic (exact) mass is 594 g/mol. The molecule has 12 heteroatoms. The number of hydrogen-bond acceptors (Lipinski definition) is 7. The van der Waals surface area contributed by atoms with Gasteiger partial charge in [0.05, 0.1) is 11.6 Å². The SMILES string of the molecule is O=C(O)N1CCCCCCCCCCC2CCCC1CN(c1nc3c(OC(F)(F)F)ccc(-c4nccs4)c3o1)C2. The van der Waals surface area contributed by atoms with E-state index >= 15 is 0 Å². The molecule has 1 N–H and O–H groups in total. The molecular weight excluding hydrogens is 557 g/mol. The van der Waals surface area contributed by atoms with Gasteiger partial charge in [0, 0.05) is 31.2 Å². The molecule has 0 aliphatic carbocycles. The molecule has 3 aromatic rings. The number of hydrogen-bond donors (Lipinski definition) is 1. The molecule has 8 nitrogen and oxygen atoms in total. The highest BCUT2D eigenvalue weighted by Gasteiger charge is 2.35. The molecule has 2 unspecified atom stereocenters. The Balaban J connectivity index is 1.53. The second-order valence-corrected chi connectivity index (χ2v) is 12.0. The van der Waals surface area contributed by atoms with Crippen molar-refractivity contribution in [2.45, 2.75) is 89.5 Å². The molecule has 2 aliphatic heterocycles. The lowest BCUT2D eigenvalue weighted by Crippen LogP contribution is -2.49. The quantitative estimate of drug-likeness (QED) is 0.326. The summed E-state index contributed by atoms with van der Waals surface area (Å²) < 4.78 is 50.4. The molecule has 5 rings (SSSR count). The third-order valence-corrected chi connectivity index (χ3v) is 8.97. The van der Waals surface area contributed by atoms with E-state index in [0.717, 1.165) is 44.9 Å². The fourth-order valence-electron chi connectivity index (χ4n) is 6.16. The Morgan fingerprint density at radius 1 is 1.00 bits per heavy atom. The lowest BCUT2D eigenvalue weighted by Gasteiger charge is -2.37. The van der Waals surface area contributed by atoms with Gasteiger partial charge >= 0.3 is 12.5 Å². The van der Waals surface area contributed by atoms with Crippen molar-refractivity contribution in [1.29, 1.82) is 0 Å². The number of amides is 1. The molecule has 2 aromatic heterocycles.